The molecule has 20 heavy (non-hydrogen) atoms. The lowest BCUT2D eigenvalue weighted by Crippen LogP contribution is -2.08. The minimum atomic E-state index is -0.721. The molecule has 7 heteroatoms. The fraction of sp³-hybridized carbons (Fsp3) is 0.231. The normalized spacial score (nSPS) is 10.6. The fourth-order valence-corrected chi connectivity index (χ4v) is 1.45. The molecule has 0 heterocycles. The Labute approximate surface area is 115 Å². The first-order chi connectivity index (χ1) is 9.49. The summed E-state index contributed by atoms with van der Waals surface area (Å²) in [6, 6.07) is 6.10. The third kappa shape index (κ3) is 3.81. The number of nitro groups is 1. The first kappa shape index (κ1) is 15.2. The maximum atomic E-state index is 11.4. The van der Waals surface area contributed by atoms with Gasteiger partial charge in [-0.05, 0) is 26.0 Å². The molecule has 0 unspecified atom stereocenters. The standard InChI is InChI=1S/C13H13N3O4/c1-3-20-13(17)10(7-14)8-15-11-4-5-12(16(18)19)9(2)6-11/h4-6,8,15H,3H2,1-2H3. The van der Waals surface area contributed by atoms with Crippen LogP contribution < -0.4 is 5.32 Å². The molecule has 0 saturated heterocycles. The maximum absolute atomic E-state index is 11.4. The van der Waals surface area contributed by atoms with Crippen LogP contribution in [0.3, 0.4) is 0 Å². The molecule has 0 aromatic heterocycles. The Bertz CT molecular complexity index is 602. The van der Waals surface area contributed by atoms with Gasteiger partial charge in [0, 0.05) is 23.5 Å². The van der Waals surface area contributed by atoms with Gasteiger partial charge in [0.1, 0.15) is 6.07 Å². The van der Waals surface area contributed by atoms with Gasteiger partial charge in [0.05, 0.1) is 11.5 Å². The summed E-state index contributed by atoms with van der Waals surface area (Å²) in [5.74, 6) is -0.721. The first-order valence-corrected chi connectivity index (χ1v) is 5.78. The van der Waals surface area contributed by atoms with Gasteiger partial charge >= 0.3 is 5.97 Å². The Morgan fingerprint density at radius 3 is 2.80 bits per heavy atom. The van der Waals surface area contributed by atoms with Crippen molar-refractivity contribution in [2.45, 2.75) is 13.8 Å². The summed E-state index contributed by atoms with van der Waals surface area (Å²) in [4.78, 5) is 21.6. The molecule has 0 atom stereocenters. The lowest BCUT2D eigenvalue weighted by Gasteiger charge is -2.04. The second-order valence-corrected chi connectivity index (χ2v) is 3.79. The number of anilines is 1. The summed E-state index contributed by atoms with van der Waals surface area (Å²) >= 11 is 0. The van der Waals surface area contributed by atoms with E-state index in [1.807, 2.05) is 0 Å². The van der Waals surface area contributed by atoms with E-state index in [2.05, 4.69) is 5.32 Å². The lowest BCUT2D eigenvalue weighted by molar-refractivity contribution is -0.385. The number of aryl methyl sites for hydroxylation is 1. The third-order valence-corrected chi connectivity index (χ3v) is 2.39. The molecule has 1 N–H and O–H groups in total. The van der Waals surface area contributed by atoms with Gasteiger partial charge in [-0.3, -0.25) is 10.1 Å². The van der Waals surface area contributed by atoms with Crippen LogP contribution in [0, 0.1) is 28.4 Å². The summed E-state index contributed by atoms with van der Waals surface area (Å²) in [7, 11) is 0. The first-order valence-electron chi connectivity index (χ1n) is 5.78. The van der Waals surface area contributed by atoms with Crippen LogP contribution in [0.25, 0.3) is 0 Å². The molecule has 0 spiro atoms. The second kappa shape index (κ2) is 6.89. The molecule has 0 aliphatic carbocycles. The molecule has 0 saturated carbocycles. The largest absolute Gasteiger partial charge is 0.462 e. The average molecular weight is 275 g/mol. The molecular weight excluding hydrogens is 262 g/mol. The minimum Gasteiger partial charge on any atom is -0.462 e. The Kier molecular flexibility index (Phi) is 5.23. The van der Waals surface area contributed by atoms with Crippen molar-refractivity contribution < 1.29 is 14.5 Å². The van der Waals surface area contributed by atoms with Gasteiger partial charge in [-0.15, -0.1) is 0 Å². The predicted molar refractivity (Wildman–Crippen MR) is 71.8 cm³/mol. The summed E-state index contributed by atoms with van der Waals surface area (Å²) in [6.07, 6.45) is 1.21. The average Bonchev–Trinajstić information content (AvgIpc) is 2.39. The lowest BCUT2D eigenvalue weighted by atomic mass is 10.2. The number of carbonyl (C=O) groups is 1. The molecule has 0 aliphatic heterocycles. The van der Waals surface area contributed by atoms with E-state index in [0.717, 1.165) is 0 Å². The van der Waals surface area contributed by atoms with Crippen molar-refractivity contribution in [1.29, 1.82) is 5.26 Å². The van der Waals surface area contributed by atoms with E-state index in [4.69, 9.17) is 10.00 Å². The Morgan fingerprint density at radius 2 is 2.30 bits per heavy atom. The number of benzene rings is 1. The quantitative estimate of drug-likeness (QED) is 0.290. The highest BCUT2D eigenvalue weighted by Crippen LogP contribution is 2.21. The molecule has 0 radical (unpaired) electrons. The zero-order valence-electron chi connectivity index (χ0n) is 11.0. The van der Waals surface area contributed by atoms with Crippen LogP contribution in [0.2, 0.25) is 0 Å². The van der Waals surface area contributed by atoms with Crippen LogP contribution in [0.4, 0.5) is 11.4 Å². The summed E-state index contributed by atoms with van der Waals surface area (Å²) in [5.41, 5.74) is 0.835. The molecule has 104 valence electrons. The smallest absolute Gasteiger partial charge is 0.350 e. The summed E-state index contributed by atoms with van der Waals surface area (Å²) in [5, 5.41) is 22.2. The van der Waals surface area contributed by atoms with E-state index >= 15 is 0 Å². The molecule has 0 bridgehead atoms. The number of esters is 1. The molecular formula is C13H13N3O4. The van der Waals surface area contributed by atoms with Gasteiger partial charge in [-0.25, -0.2) is 4.79 Å². The molecule has 1 rings (SSSR count). The van der Waals surface area contributed by atoms with Crippen molar-refractivity contribution in [1.82, 2.24) is 0 Å². The van der Waals surface area contributed by atoms with Crippen molar-refractivity contribution in [3.63, 3.8) is 0 Å². The van der Waals surface area contributed by atoms with Crippen molar-refractivity contribution in [3.05, 3.63) is 45.6 Å². The molecule has 1 aromatic carbocycles. The molecule has 0 amide bonds. The van der Waals surface area contributed by atoms with E-state index in [1.165, 1.54) is 18.3 Å². The van der Waals surface area contributed by atoms with Crippen molar-refractivity contribution in [3.8, 4) is 6.07 Å². The van der Waals surface area contributed by atoms with Crippen molar-refractivity contribution in [2.75, 3.05) is 11.9 Å². The van der Waals surface area contributed by atoms with Gasteiger partial charge in [-0.2, -0.15) is 5.26 Å². The van der Waals surface area contributed by atoms with Gasteiger partial charge < -0.3 is 10.1 Å². The molecule has 1 aromatic rings. The Morgan fingerprint density at radius 1 is 1.60 bits per heavy atom. The number of hydrogen-bond donors (Lipinski definition) is 1. The SMILES string of the molecule is CCOC(=O)C(C#N)=CNc1ccc([N+](=O)[O-])c(C)c1. The number of hydrogen-bond acceptors (Lipinski definition) is 6. The maximum Gasteiger partial charge on any atom is 0.350 e. The van der Waals surface area contributed by atoms with Crippen molar-refractivity contribution in [2.24, 2.45) is 0 Å². The van der Waals surface area contributed by atoms with E-state index < -0.39 is 10.9 Å². The summed E-state index contributed by atoms with van der Waals surface area (Å²) < 4.78 is 4.70. The monoisotopic (exact) mass is 275 g/mol. The fourth-order valence-electron chi connectivity index (χ4n) is 1.45. The van der Waals surface area contributed by atoms with Crippen LogP contribution in [0.5, 0.6) is 0 Å². The number of ether oxygens (including phenoxy) is 1. The number of nitriles is 1. The van der Waals surface area contributed by atoms with Crippen molar-refractivity contribution >= 4 is 17.3 Å². The minimum absolute atomic E-state index is 0.00503. The molecule has 0 aliphatic rings. The van der Waals surface area contributed by atoms with Crippen LogP contribution in [0.1, 0.15) is 12.5 Å². The van der Waals surface area contributed by atoms with E-state index in [1.54, 1.807) is 26.0 Å². The number of nitrogens with zero attached hydrogens (tertiary/aromatic N) is 2. The number of nitrogens with one attached hydrogen (secondary N) is 1. The van der Waals surface area contributed by atoms with Crippen LogP contribution >= 0.6 is 0 Å². The van der Waals surface area contributed by atoms with Gasteiger partial charge in [0.15, 0.2) is 5.57 Å². The zero-order valence-corrected chi connectivity index (χ0v) is 11.0. The number of carbonyl (C=O) groups excluding carboxylic acids is 1. The van der Waals surface area contributed by atoms with E-state index in [-0.39, 0.29) is 17.9 Å². The molecule has 0 fully saturated rings. The highest BCUT2D eigenvalue weighted by molar-refractivity contribution is 5.93. The van der Waals surface area contributed by atoms with Gasteiger partial charge in [0.2, 0.25) is 0 Å². The summed E-state index contributed by atoms with van der Waals surface area (Å²) in [6.45, 7) is 3.41. The van der Waals surface area contributed by atoms with E-state index in [0.29, 0.717) is 11.3 Å². The van der Waals surface area contributed by atoms with E-state index in [9.17, 15) is 14.9 Å². The van der Waals surface area contributed by atoms with Crippen LogP contribution in [-0.2, 0) is 9.53 Å². The van der Waals surface area contributed by atoms with Gasteiger partial charge in [0.25, 0.3) is 5.69 Å². The second-order valence-electron chi connectivity index (χ2n) is 3.79. The number of nitro benzene ring substituents is 1. The van der Waals surface area contributed by atoms with Gasteiger partial charge in [-0.1, -0.05) is 0 Å². The highest BCUT2D eigenvalue weighted by atomic mass is 16.6. The topological polar surface area (TPSA) is 105 Å². The Balaban J connectivity index is 2.89. The van der Waals surface area contributed by atoms with Crippen LogP contribution in [0.15, 0.2) is 30.0 Å². The zero-order chi connectivity index (χ0) is 15.1. The van der Waals surface area contributed by atoms with Crippen LogP contribution in [-0.4, -0.2) is 17.5 Å². The Hall–Kier alpha value is -2.88. The highest BCUT2D eigenvalue weighted by Gasteiger charge is 2.11. The predicted octanol–water partition coefficient (Wildman–Crippen LogP) is 2.29. The number of rotatable bonds is 5. The third-order valence-electron chi connectivity index (χ3n) is 2.39. The molecule has 7 nitrogen and oxygen atoms in total.